The van der Waals surface area contributed by atoms with Crippen LogP contribution in [0.5, 0.6) is 0 Å². The molecule has 0 aliphatic carbocycles. The highest BCUT2D eigenvalue weighted by molar-refractivity contribution is 5.72. The average molecular weight is 353 g/mol. The SMILES string of the molecule is Cc1ccc(-c2ccc(NC3CCOC3)c(NC3(C)CCOC3)n2)cc1. The normalized spacial score (nSPS) is 25.4. The monoisotopic (exact) mass is 353 g/mol. The lowest BCUT2D eigenvalue weighted by molar-refractivity contribution is 0.185. The van der Waals surface area contributed by atoms with Crippen molar-refractivity contribution in [2.45, 2.75) is 38.3 Å². The number of benzene rings is 1. The van der Waals surface area contributed by atoms with Crippen molar-refractivity contribution >= 4 is 11.5 Å². The highest BCUT2D eigenvalue weighted by Crippen LogP contribution is 2.31. The number of nitrogens with one attached hydrogen (secondary N) is 2. The second-order valence-corrected chi connectivity index (χ2v) is 7.65. The second kappa shape index (κ2) is 7.25. The van der Waals surface area contributed by atoms with Crippen molar-refractivity contribution in [1.29, 1.82) is 0 Å². The third kappa shape index (κ3) is 3.84. The van der Waals surface area contributed by atoms with E-state index >= 15 is 0 Å². The molecule has 2 saturated heterocycles. The summed E-state index contributed by atoms with van der Waals surface area (Å²) in [7, 11) is 0. The van der Waals surface area contributed by atoms with Crippen molar-refractivity contribution in [2.75, 3.05) is 37.1 Å². The van der Waals surface area contributed by atoms with Crippen LogP contribution in [0.4, 0.5) is 11.5 Å². The van der Waals surface area contributed by atoms with E-state index in [4.69, 9.17) is 14.5 Å². The molecule has 3 heterocycles. The fraction of sp³-hybridized carbons (Fsp3) is 0.476. The Balaban J connectivity index is 1.65. The van der Waals surface area contributed by atoms with Crippen molar-refractivity contribution in [3.63, 3.8) is 0 Å². The Kier molecular flexibility index (Phi) is 4.83. The molecule has 0 amide bonds. The minimum absolute atomic E-state index is 0.0818. The van der Waals surface area contributed by atoms with Crippen LogP contribution in [0.1, 0.15) is 25.3 Å². The molecule has 4 rings (SSSR count). The molecule has 0 spiro atoms. The van der Waals surface area contributed by atoms with Crippen LogP contribution in [0.15, 0.2) is 36.4 Å². The van der Waals surface area contributed by atoms with Crippen LogP contribution in [-0.2, 0) is 9.47 Å². The minimum atomic E-state index is -0.0818. The Hall–Kier alpha value is -2.11. The smallest absolute Gasteiger partial charge is 0.150 e. The van der Waals surface area contributed by atoms with Gasteiger partial charge in [-0.3, -0.25) is 0 Å². The molecule has 0 radical (unpaired) electrons. The topological polar surface area (TPSA) is 55.4 Å². The first-order chi connectivity index (χ1) is 12.6. The van der Waals surface area contributed by atoms with Crippen molar-refractivity contribution < 1.29 is 9.47 Å². The molecule has 1 aromatic heterocycles. The molecule has 1 aromatic carbocycles. The van der Waals surface area contributed by atoms with Crippen molar-refractivity contribution in [2.24, 2.45) is 0 Å². The fourth-order valence-electron chi connectivity index (χ4n) is 3.48. The Bertz CT molecular complexity index is 748. The van der Waals surface area contributed by atoms with E-state index in [0.717, 1.165) is 55.4 Å². The van der Waals surface area contributed by atoms with Gasteiger partial charge in [0.05, 0.1) is 36.2 Å². The average Bonchev–Trinajstić information content (AvgIpc) is 3.29. The number of ether oxygens (including phenoxy) is 2. The maximum absolute atomic E-state index is 5.60. The van der Waals surface area contributed by atoms with Crippen molar-refractivity contribution in [3.8, 4) is 11.3 Å². The Labute approximate surface area is 155 Å². The molecule has 5 nitrogen and oxygen atoms in total. The van der Waals surface area contributed by atoms with Crippen LogP contribution in [0.3, 0.4) is 0 Å². The van der Waals surface area contributed by atoms with E-state index in [9.17, 15) is 0 Å². The number of aromatic nitrogens is 1. The molecule has 5 heteroatoms. The number of anilines is 2. The standard InChI is InChI=1S/C21H27N3O2/c1-15-3-5-16(6-4-15)18-7-8-19(22-17-9-11-25-13-17)20(23-18)24-21(2)10-12-26-14-21/h3-8,17,22H,9-14H2,1-2H3,(H,23,24). The van der Waals surface area contributed by atoms with Gasteiger partial charge in [-0.1, -0.05) is 29.8 Å². The zero-order valence-electron chi connectivity index (χ0n) is 15.5. The fourth-order valence-corrected chi connectivity index (χ4v) is 3.48. The first-order valence-corrected chi connectivity index (χ1v) is 9.40. The van der Waals surface area contributed by atoms with Gasteiger partial charge >= 0.3 is 0 Å². The number of hydrogen-bond donors (Lipinski definition) is 2. The molecule has 2 fully saturated rings. The van der Waals surface area contributed by atoms with Gasteiger partial charge in [-0.2, -0.15) is 0 Å². The van der Waals surface area contributed by atoms with Gasteiger partial charge in [-0.25, -0.2) is 4.98 Å². The number of hydrogen-bond acceptors (Lipinski definition) is 5. The largest absolute Gasteiger partial charge is 0.379 e. The molecule has 2 aliphatic heterocycles. The molecule has 0 saturated carbocycles. The van der Waals surface area contributed by atoms with E-state index in [1.807, 2.05) is 0 Å². The summed E-state index contributed by atoms with van der Waals surface area (Å²) in [4.78, 5) is 4.95. The summed E-state index contributed by atoms with van der Waals surface area (Å²) in [6, 6.07) is 13.1. The molecule has 2 N–H and O–H groups in total. The molecule has 0 bridgehead atoms. The van der Waals surface area contributed by atoms with E-state index in [1.54, 1.807) is 0 Å². The molecule has 26 heavy (non-hydrogen) atoms. The van der Waals surface area contributed by atoms with Crippen LogP contribution >= 0.6 is 0 Å². The summed E-state index contributed by atoms with van der Waals surface area (Å²) in [6.45, 7) is 7.36. The van der Waals surface area contributed by atoms with E-state index < -0.39 is 0 Å². The minimum Gasteiger partial charge on any atom is -0.379 e. The Morgan fingerprint density at radius 3 is 2.62 bits per heavy atom. The first-order valence-electron chi connectivity index (χ1n) is 9.40. The summed E-state index contributed by atoms with van der Waals surface area (Å²) in [6.07, 6.45) is 2.01. The van der Waals surface area contributed by atoms with Gasteiger partial charge in [0, 0.05) is 18.8 Å². The van der Waals surface area contributed by atoms with Crippen molar-refractivity contribution in [1.82, 2.24) is 4.98 Å². The number of rotatable bonds is 5. The lowest BCUT2D eigenvalue weighted by Crippen LogP contribution is -2.36. The zero-order valence-corrected chi connectivity index (χ0v) is 15.5. The highest BCUT2D eigenvalue weighted by Gasteiger charge is 2.31. The Morgan fingerprint density at radius 2 is 1.92 bits per heavy atom. The van der Waals surface area contributed by atoms with Crippen LogP contribution < -0.4 is 10.6 Å². The molecule has 2 aliphatic rings. The van der Waals surface area contributed by atoms with Gasteiger partial charge in [0.25, 0.3) is 0 Å². The zero-order chi connectivity index (χ0) is 18.0. The lowest BCUT2D eigenvalue weighted by Gasteiger charge is -2.27. The van der Waals surface area contributed by atoms with E-state index in [-0.39, 0.29) is 5.54 Å². The summed E-state index contributed by atoms with van der Waals surface area (Å²) < 4.78 is 11.1. The highest BCUT2D eigenvalue weighted by atomic mass is 16.5. The third-order valence-electron chi connectivity index (χ3n) is 5.17. The third-order valence-corrected chi connectivity index (χ3v) is 5.17. The quantitative estimate of drug-likeness (QED) is 0.855. The Morgan fingerprint density at radius 1 is 1.08 bits per heavy atom. The van der Waals surface area contributed by atoms with Crippen LogP contribution in [0, 0.1) is 6.92 Å². The second-order valence-electron chi connectivity index (χ2n) is 7.65. The number of pyridine rings is 1. The van der Waals surface area contributed by atoms with Gasteiger partial charge in [0.2, 0.25) is 0 Å². The van der Waals surface area contributed by atoms with Gasteiger partial charge in [-0.15, -0.1) is 0 Å². The molecular weight excluding hydrogens is 326 g/mol. The van der Waals surface area contributed by atoms with Gasteiger partial charge in [-0.05, 0) is 38.8 Å². The van der Waals surface area contributed by atoms with Crippen LogP contribution in [0.2, 0.25) is 0 Å². The predicted molar refractivity (Wildman–Crippen MR) is 105 cm³/mol. The summed E-state index contributed by atoms with van der Waals surface area (Å²) in [5, 5.41) is 7.24. The van der Waals surface area contributed by atoms with E-state index in [1.165, 1.54) is 5.56 Å². The summed E-state index contributed by atoms with van der Waals surface area (Å²) in [5.41, 5.74) is 4.30. The number of aryl methyl sites for hydroxylation is 1. The molecule has 138 valence electrons. The van der Waals surface area contributed by atoms with Gasteiger partial charge in [0.15, 0.2) is 5.82 Å². The molecule has 2 unspecified atom stereocenters. The lowest BCUT2D eigenvalue weighted by atomic mass is 10.0. The molecule has 2 atom stereocenters. The van der Waals surface area contributed by atoms with E-state index in [0.29, 0.717) is 12.6 Å². The predicted octanol–water partition coefficient (Wildman–Crippen LogP) is 3.85. The first kappa shape index (κ1) is 17.3. The summed E-state index contributed by atoms with van der Waals surface area (Å²) in [5.74, 6) is 0.892. The maximum Gasteiger partial charge on any atom is 0.150 e. The number of nitrogens with zero attached hydrogens (tertiary/aromatic N) is 1. The van der Waals surface area contributed by atoms with E-state index in [2.05, 4.69) is 60.9 Å². The van der Waals surface area contributed by atoms with Gasteiger partial charge < -0.3 is 20.1 Å². The van der Waals surface area contributed by atoms with Crippen LogP contribution in [-0.4, -0.2) is 43.0 Å². The molecule has 2 aromatic rings. The van der Waals surface area contributed by atoms with Crippen molar-refractivity contribution in [3.05, 3.63) is 42.0 Å². The van der Waals surface area contributed by atoms with Gasteiger partial charge in [0.1, 0.15) is 0 Å². The molecular formula is C21H27N3O2. The summed E-state index contributed by atoms with van der Waals surface area (Å²) >= 11 is 0. The van der Waals surface area contributed by atoms with Crippen LogP contribution in [0.25, 0.3) is 11.3 Å². The maximum atomic E-state index is 5.60.